The van der Waals surface area contributed by atoms with Gasteiger partial charge >= 0.3 is 0 Å². The van der Waals surface area contributed by atoms with E-state index in [1.54, 1.807) is 0 Å². The van der Waals surface area contributed by atoms with Crippen molar-refractivity contribution in [1.29, 1.82) is 0 Å². The van der Waals surface area contributed by atoms with Crippen molar-refractivity contribution in [1.82, 2.24) is 14.7 Å². The summed E-state index contributed by atoms with van der Waals surface area (Å²) >= 11 is 0. The normalized spacial score (nSPS) is 26.6. The van der Waals surface area contributed by atoms with E-state index < -0.39 is 0 Å². The molecule has 2 heterocycles. The summed E-state index contributed by atoms with van der Waals surface area (Å²) in [6.07, 6.45) is 3.22. The van der Waals surface area contributed by atoms with E-state index in [9.17, 15) is 4.79 Å². The molecule has 0 aromatic carbocycles. The van der Waals surface area contributed by atoms with Crippen molar-refractivity contribution >= 4 is 5.91 Å². The molecule has 110 valence electrons. The molecule has 1 atom stereocenters. The monoisotopic (exact) mass is 269 g/mol. The Bertz CT molecular complexity index is 288. The minimum Gasteiger partial charge on any atom is -0.396 e. The maximum absolute atomic E-state index is 12.3. The number of amides is 1. The van der Waals surface area contributed by atoms with Gasteiger partial charge in [0.2, 0.25) is 5.91 Å². The molecule has 2 rings (SSSR count). The van der Waals surface area contributed by atoms with Crippen LogP contribution in [0.2, 0.25) is 0 Å². The lowest BCUT2D eigenvalue weighted by atomic mass is 9.95. The van der Waals surface area contributed by atoms with Crippen molar-refractivity contribution in [2.75, 3.05) is 59.5 Å². The van der Waals surface area contributed by atoms with Crippen molar-refractivity contribution in [3.8, 4) is 0 Å². The van der Waals surface area contributed by atoms with Crippen molar-refractivity contribution in [3.63, 3.8) is 0 Å². The Morgan fingerprint density at radius 3 is 2.63 bits per heavy atom. The van der Waals surface area contributed by atoms with E-state index in [-0.39, 0.29) is 12.5 Å². The Balaban J connectivity index is 1.75. The molecule has 2 aliphatic rings. The van der Waals surface area contributed by atoms with Crippen LogP contribution >= 0.6 is 0 Å². The van der Waals surface area contributed by atoms with Crippen LogP contribution in [0.1, 0.15) is 19.3 Å². The van der Waals surface area contributed by atoms with Gasteiger partial charge in [0.15, 0.2) is 0 Å². The lowest BCUT2D eigenvalue weighted by Crippen LogP contribution is -2.51. The molecule has 0 aliphatic carbocycles. The Kier molecular flexibility index (Phi) is 5.60. The quantitative estimate of drug-likeness (QED) is 0.771. The summed E-state index contributed by atoms with van der Waals surface area (Å²) in [5, 5.41) is 9.02. The third-order valence-corrected chi connectivity index (χ3v) is 4.36. The minimum atomic E-state index is 0.269. The van der Waals surface area contributed by atoms with Gasteiger partial charge in [0.05, 0.1) is 6.54 Å². The van der Waals surface area contributed by atoms with Crippen LogP contribution in [0.3, 0.4) is 0 Å². The number of aliphatic hydroxyl groups excluding tert-OH is 1. The first-order chi connectivity index (χ1) is 9.19. The van der Waals surface area contributed by atoms with Gasteiger partial charge in [-0.05, 0) is 38.8 Å². The zero-order valence-electron chi connectivity index (χ0n) is 12.1. The first kappa shape index (κ1) is 14.8. The molecule has 2 fully saturated rings. The average Bonchev–Trinajstić information content (AvgIpc) is 2.40. The van der Waals surface area contributed by atoms with Crippen LogP contribution in [0.25, 0.3) is 0 Å². The van der Waals surface area contributed by atoms with Gasteiger partial charge in [-0.2, -0.15) is 0 Å². The van der Waals surface area contributed by atoms with Crippen molar-refractivity contribution in [2.24, 2.45) is 5.92 Å². The zero-order chi connectivity index (χ0) is 13.7. The third-order valence-electron chi connectivity index (χ3n) is 4.36. The maximum atomic E-state index is 12.3. The van der Waals surface area contributed by atoms with Gasteiger partial charge in [-0.15, -0.1) is 0 Å². The molecule has 1 unspecified atom stereocenters. The van der Waals surface area contributed by atoms with Crippen LogP contribution in [0.5, 0.6) is 0 Å². The first-order valence-electron chi connectivity index (χ1n) is 7.48. The molecule has 0 aromatic rings. The van der Waals surface area contributed by atoms with E-state index in [4.69, 9.17) is 5.11 Å². The average molecular weight is 269 g/mol. The van der Waals surface area contributed by atoms with E-state index in [1.807, 2.05) is 4.90 Å². The van der Waals surface area contributed by atoms with Crippen LogP contribution in [0.4, 0.5) is 0 Å². The maximum Gasteiger partial charge on any atom is 0.236 e. The molecule has 0 spiro atoms. The first-order valence-corrected chi connectivity index (χ1v) is 7.48. The number of likely N-dealkylation sites (N-methyl/N-ethyl adjacent to an activating group) is 1. The number of rotatable bonds is 4. The molecular formula is C14H27N3O2. The number of carbonyl (C=O) groups excluding carboxylic acids is 1. The number of carbonyl (C=O) groups is 1. The minimum absolute atomic E-state index is 0.269. The number of hydrogen-bond acceptors (Lipinski definition) is 4. The van der Waals surface area contributed by atoms with Crippen LogP contribution in [-0.2, 0) is 4.79 Å². The number of piperidine rings is 1. The van der Waals surface area contributed by atoms with Crippen molar-refractivity contribution in [2.45, 2.75) is 19.3 Å². The zero-order valence-corrected chi connectivity index (χ0v) is 12.1. The summed E-state index contributed by atoms with van der Waals surface area (Å²) < 4.78 is 0. The highest BCUT2D eigenvalue weighted by molar-refractivity contribution is 5.78. The molecule has 5 nitrogen and oxygen atoms in total. The topological polar surface area (TPSA) is 47.0 Å². The SMILES string of the molecule is CN1CCN(C(=O)CN2CCCC(CCO)C2)CC1. The molecule has 2 aliphatic heterocycles. The van der Waals surface area contributed by atoms with Gasteiger partial charge in [0.1, 0.15) is 0 Å². The Hall–Kier alpha value is -0.650. The summed E-state index contributed by atoms with van der Waals surface area (Å²) in [6.45, 7) is 6.53. The van der Waals surface area contributed by atoms with Crippen LogP contribution in [-0.4, -0.2) is 85.2 Å². The van der Waals surface area contributed by atoms with Gasteiger partial charge in [-0.3, -0.25) is 9.69 Å². The van der Waals surface area contributed by atoms with Gasteiger partial charge in [-0.1, -0.05) is 0 Å². The van der Waals surface area contributed by atoms with Gasteiger partial charge < -0.3 is 14.9 Å². The molecule has 19 heavy (non-hydrogen) atoms. The van der Waals surface area contributed by atoms with E-state index >= 15 is 0 Å². The van der Waals surface area contributed by atoms with Crippen molar-refractivity contribution in [3.05, 3.63) is 0 Å². The van der Waals surface area contributed by atoms with E-state index in [2.05, 4.69) is 16.8 Å². The fourth-order valence-electron chi connectivity index (χ4n) is 3.06. The predicted molar refractivity (Wildman–Crippen MR) is 74.9 cm³/mol. The van der Waals surface area contributed by atoms with Crippen molar-refractivity contribution < 1.29 is 9.90 Å². The number of aliphatic hydroxyl groups is 1. The fraction of sp³-hybridized carbons (Fsp3) is 0.929. The second-order valence-electron chi connectivity index (χ2n) is 5.94. The standard InChI is InChI=1S/C14H27N3O2/c1-15-6-8-17(9-7-15)14(19)12-16-5-2-3-13(11-16)4-10-18/h13,18H,2-12H2,1H3. The highest BCUT2D eigenvalue weighted by atomic mass is 16.3. The molecular weight excluding hydrogens is 242 g/mol. The van der Waals surface area contributed by atoms with E-state index in [1.165, 1.54) is 6.42 Å². The van der Waals surface area contributed by atoms with Gasteiger partial charge in [-0.25, -0.2) is 0 Å². The molecule has 0 saturated carbocycles. The van der Waals surface area contributed by atoms with E-state index in [0.29, 0.717) is 12.5 Å². The number of hydrogen-bond donors (Lipinski definition) is 1. The second-order valence-corrected chi connectivity index (χ2v) is 5.94. The molecule has 0 aromatic heterocycles. The van der Waals surface area contributed by atoms with E-state index in [0.717, 1.165) is 52.1 Å². The van der Waals surface area contributed by atoms with Crippen LogP contribution in [0, 0.1) is 5.92 Å². The molecule has 0 bridgehead atoms. The highest BCUT2D eigenvalue weighted by Crippen LogP contribution is 2.19. The summed E-state index contributed by atoms with van der Waals surface area (Å²) in [7, 11) is 2.10. The number of piperazine rings is 1. The Morgan fingerprint density at radius 2 is 1.95 bits per heavy atom. The summed E-state index contributed by atoms with van der Waals surface area (Å²) in [5.41, 5.74) is 0. The lowest BCUT2D eigenvalue weighted by Gasteiger charge is -2.36. The molecule has 1 amide bonds. The molecule has 0 radical (unpaired) electrons. The fourth-order valence-corrected chi connectivity index (χ4v) is 3.06. The Morgan fingerprint density at radius 1 is 1.21 bits per heavy atom. The Labute approximate surface area is 116 Å². The second kappa shape index (κ2) is 7.22. The van der Waals surface area contributed by atoms with Crippen LogP contribution in [0.15, 0.2) is 0 Å². The van der Waals surface area contributed by atoms with Gasteiger partial charge in [0.25, 0.3) is 0 Å². The largest absolute Gasteiger partial charge is 0.396 e. The predicted octanol–water partition coefficient (Wildman–Crippen LogP) is -0.145. The van der Waals surface area contributed by atoms with Gasteiger partial charge in [0, 0.05) is 39.3 Å². The summed E-state index contributed by atoms with van der Waals surface area (Å²) in [6, 6.07) is 0. The molecule has 5 heteroatoms. The summed E-state index contributed by atoms with van der Waals surface area (Å²) in [4.78, 5) is 18.8. The third kappa shape index (κ3) is 4.44. The molecule has 2 saturated heterocycles. The number of nitrogens with zero attached hydrogens (tertiary/aromatic N) is 3. The highest BCUT2D eigenvalue weighted by Gasteiger charge is 2.24. The smallest absolute Gasteiger partial charge is 0.236 e. The molecule has 1 N–H and O–H groups in total. The lowest BCUT2D eigenvalue weighted by molar-refractivity contribution is -0.134. The van der Waals surface area contributed by atoms with Crippen LogP contribution < -0.4 is 0 Å². The summed E-state index contributed by atoms with van der Waals surface area (Å²) in [5.74, 6) is 0.844. The number of likely N-dealkylation sites (tertiary alicyclic amines) is 1.